The maximum atomic E-state index is 11.7. The Morgan fingerprint density at radius 1 is 1.36 bits per heavy atom. The van der Waals surface area contributed by atoms with Crippen LogP contribution in [0.15, 0.2) is 4.99 Å². The predicted octanol–water partition coefficient (Wildman–Crippen LogP) is 1.27. The molecule has 3 heterocycles. The van der Waals surface area contributed by atoms with E-state index in [2.05, 4.69) is 25.4 Å². The van der Waals surface area contributed by atoms with Crippen molar-refractivity contribution in [3.05, 3.63) is 0 Å². The lowest BCUT2D eigenvalue weighted by atomic mass is 9.79. The molecule has 1 spiro atoms. The van der Waals surface area contributed by atoms with E-state index in [1.807, 2.05) is 7.05 Å². The van der Waals surface area contributed by atoms with Crippen LogP contribution in [-0.2, 0) is 4.79 Å². The van der Waals surface area contributed by atoms with Crippen molar-refractivity contribution < 1.29 is 4.79 Å². The van der Waals surface area contributed by atoms with Gasteiger partial charge in [0.25, 0.3) is 0 Å². The van der Waals surface area contributed by atoms with E-state index in [4.69, 9.17) is 0 Å². The average molecular weight is 461 g/mol. The van der Waals surface area contributed by atoms with Gasteiger partial charge in [0.15, 0.2) is 5.96 Å². The Bertz CT molecular complexity index is 524. The van der Waals surface area contributed by atoms with Gasteiger partial charge in [-0.05, 0) is 44.6 Å². The SMILES string of the molecule is CN=C(NCC1CCN(C2CC2)C1)N1CCCC2(CNC(=O)C2)C1.I. The van der Waals surface area contributed by atoms with Crippen LogP contribution in [0.3, 0.4) is 0 Å². The number of carbonyl (C=O) groups is 1. The molecule has 2 N–H and O–H groups in total. The van der Waals surface area contributed by atoms with E-state index in [1.54, 1.807) is 0 Å². The molecule has 2 unspecified atom stereocenters. The number of carbonyl (C=O) groups excluding carboxylic acids is 1. The van der Waals surface area contributed by atoms with Gasteiger partial charge in [0, 0.05) is 57.6 Å². The van der Waals surface area contributed by atoms with Crippen LogP contribution >= 0.6 is 24.0 Å². The number of likely N-dealkylation sites (tertiary alicyclic amines) is 2. The standard InChI is InChI=1S/C18H31N5O.HI/c1-19-17(20-10-14-5-8-22(11-14)15-3-4-15)23-7-2-6-18(13-23)9-16(24)21-12-18;/h14-15H,2-13H2,1H3,(H,19,20)(H,21,24);1H. The summed E-state index contributed by atoms with van der Waals surface area (Å²) in [6.45, 7) is 6.38. The molecule has 0 radical (unpaired) electrons. The van der Waals surface area contributed by atoms with Crippen molar-refractivity contribution in [1.82, 2.24) is 20.4 Å². The molecule has 2 atom stereocenters. The molecular formula is C18H32IN5O. The van der Waals surface area contributed by atoms with Crippen molar-refractivity contribution in [1.29, 1.82) is 0 Å². The number of hydrogen-bond donors (Lipinski definition) is 2. The quantitative estimate of drug-likeness (QED) is 0.378. The maximum absolute atomic E-state index is 11.7. The highest BCUT2D eigenvalue weighted by molar-refractivity contribution is 14.0. The van der Waals surface area contributed by atoms with Gasteiger partial charge < -0.3 is 20.4 Å². The summed E-state index contributed by atoms with van der Waals surface area (Å²) in [6, 6.07) is 0.892. The van der Waals surface area contributed by atoms with Crippen LogP contribution in [0.1, 0.15) is 38.5 Å². The van der Waals surface area contributed by atoms with Gasteiger partial charge in [-0.15, -0.1) is 24.0 Å². The lowest BCUT2D eigenvalue weighted by Crippen LogP contribution is -2.52. The Morgan fingerprint density at radius 2 is 2.20 bits per heavy atom. The molecule has 3 aliphatic heterocycles. The van der Waals surface area contributed by atoms with Gasteiger partial charge in [0.1, 0.15) is 0 Å². The molecule has 1 amide bonds. The third-order valence-corrected chi connectivity index (χ3v) is 6.30. The monoisotopic (exact) mass is 461 g/mol. The molecule has 6 nitrogen and oxygen atoms in total. The van der Waals surface area contributed by atoms with E-state index in [1.165, 1.54) is 32.4 Å². The first-order chi connectivity index (χ1) is 11.7. The minimum absolute atomic E-state index is 0. The number of rotatable bonds is 3. The third-order valence-electron chi connectivity index (χ3n) is 6.30. The molecular weight excluding hydrogens is 429 g/mol. The van der Waals surface area contributed by atoms with E-state index in [-0.39, 0.29) is 35.3 Å². The summed E-state index contributed by atoms with van der Waals surface area (Å²) in [5.41, 5.74) is 0.128. The van der Waals surface area contributed by atoms with Crippen LogP contribution in [0.25, 0.3) is 0 Å². The van der Waals surface area contributed by atoms with Crippen LogP contribution in [0.5, 0.6) is 0 Å². The molecule has 4 aliphatic rings. The lowest BCUT2D eigenvalue weighted by molar-refractivity contribution is -0.119. The van der Waals surface area contributed by atoms with Crippen LogP contribution in [-0.4, -0.2) is 74.0 Å². The lowest BCUT2D eigenvalue weighted by Gasteiger charge is -2.41. The van der Waals surface area contributed by atoms with Gasteiger partial charge in [-0.3, -0.25) is 9.79 Å². The van der Waals surface area contributed by atoms with Gasteiger partial charge in [-0.25, -0.2) is 0 Å². The number of nitrogens with one attached hydrogen (secondary N) is 2. The Labute approximate surface area is 168 Å². The third kappa shape index (κ3) is 4.40. The van der Waals surface area contributed by atoms with Crippen molar-refractivity contribution in [2.45, 2.75) is 44.6 Å². The maximum Gasteiger partial charge on any atom is 0.220 e. The average Bonchev–Trinajstić information content (AvgIpc) is 3.23. The van der Waals surface area contributed by atoms with E-state index >= 15 is 0 Å². The second-order valence-corrected chi connectivity index (χ2v) is 8.29. The smallest absolute Gasteiger partial charge is 0.220 e. The zero-order chi connectivity index (χ0) is 16.6. The van der Waals surface area contributed by atoms with E-state index < -0.39 is 0 Å². The summed E-state index contributed by atoms with van der Waals surface area (Å²) in [6.07, 6.45) is 7.10. The number of hydrogen-bond acceptors (Lipinski definition) is 3. The highest BCUT2D eigenvalue weighted by atomic mass is 127. The second kappa shape index (κ2) is 7.98. The number of piperidine rings is 1. The van der Waals surface area contributed by atoms with E-state index in [0.29, 0.717) is 6.42 Å². The summed E-state index contributed by atoms with van der Waals surface area (Å²) >= 11 is 0. The number of nitrogens with zero attached hydrogens (tertiary/aromatic N) is 3. The number of aliphatic imine (C=N–C) groups is 1. The molecule has 3 saturated heterocycles. The summed E-state index contributed by atoms with van der Waals surface area (Å²) in [5.74, 6) is 1.99. The first-order valence-corrected chi connectivity index (χ1v) is 9.64. The highest BCUT2D eigenvalue weighted by Gasteiger charge is 2.42. The largest absolute Gasteiger partial charge is 0.356 e. The summed E-state index contributed by atoms with van der Waals surface area (Å²) in [4.78, 5) is 21.2. The minimum atomic E-state index is 0. The predicted molar refractivity (Wildman–Crippen MR) is 110 cm³/mol. The first kappa shape index (κ1) is 19.2. The van der Waals surface area contributed by atoms with Crippen LogP contribution in [0.4, 0.5) is 0 Å². The number of halogens is 1. The normalized spacial score (nSPS) is 33.5. The Hall–Kier alpha value is -0.570. The summed E-state index contributed by atoms with van der Waals surface area (Å²) < 4.78 is 0. The number of guanidine groups is 1. The van der Waals surface area contributed by atoms with Crippen molar-refractivity contribution in [3.63, 3.8) is 0 Å². The summed E-state index contributed by atoms with van der Waals surface area (Å²) in [7, 11) is 1.88. The highest BCUT2D eigenvalue weighted by Crippen LogP contribution is 2.36. The van der Waals surface area contributed by atoms with Crippen LogP contribution < -0.4 is 10.6 Å². The fraction of sp³-hybridized carbons (Fsp3) is 0.889. The molecule has 4 fully saturated rings. The minimum Gasteiger partial charge on any atom is -0.356 e. The molecule has 1 saturated carbocycles. The molecule has 0 aromatic heterocycles. The second-order valence-electron chi connectivity index (χ2n) is 8.29. The fourth-order valence-electron chi connectivity index (χ4n) is 4.80. The van der Waals surface area contributed by atoms with E-state index in [9.17, 15) is 4.79 Å². The molecule has 0 aromatic carbocycles. The molecule has 1 aliphatic carbocycles. The Kier molecular flexibility index (Phi) is 6.13. The molecule has 25 heavy (non-hydrogen) atoms. The van der Waals surface area contributed by atoms with E-state index in [0.717, 1.165) is 56.9 Å². The van der Waals surface area contributed by atoms with Crippen molar-refractivity contribution >= 4 is 35.8 Å². The Balaban J connectivity index is 0.00000182. The fourth-order valence-corrected chi connectivity index (χ4v) is 4.80. The van der Waals surface area contributed by atoms with Gasteiger partial charge in [0.05, 0.1) is 0 Å². The molecule has 0 aromatic rings. The molecule has 7 heteroatoms. The van der Waals surface area contributed by atoms with Crippen LogP contribution in [0, 0.1) is 11.3 Å². The van der Waals surface area contributed by atoms with Gasteiger partial charge in [-0.1, -0.05) is 0 Å². The van der Waals surface area contributed by atoms with Gasteiger partial charge in [-0.2, -0.15) is 0 Å². The van der Waals surface area contributed by atoms with Crippen molar-refractivity contribution in [2.24, 2.45) is 16.3 Å². The number of amides is 1. The Morgan fingerprint density at radius 3 is 2.88 bits per heavy atom. The topological polar surface area (TPSA) is 60.0 Å². The van der Waals surface area contributed by atoms with Crippen molar-refractivity contribution in [3.8, 4) is 0 Å². The van der Waals surface area contributed by atoms with Crippen molar-refractivity contribution in [2.75, 3.05) is 46.3 Å². The van der Waals surface area contributed by atoms with Gasteiger partial charge in [0.2, 0.25) is 5.91 Å². The first-order valence-electron chi connectivity index (χ1n) is 9.64. The molecule has 4 rings (SSSR count). The zero-order valence-corrected chi connectivity index (χ0v) is 17.6. The van der Waals surface area contributed by atoms with Gasteiger partial charge >= 0.3 is 0 Å². The molecule has 0 bridgehead atoms. The van der Waals surface area contributed by atoms with Crippen LogP contribution in [0.2, 0.25) is 0 Å². The zero-order valence-electron chi connectivity index (χ0n) is 15.3. The molecule has 142 valence electrons. The summed E-state index contributed by atoms with van der Waals surface area (Å²) in [5, 5.41) is 6.65.